The van der Waals surface area contributed by atoms with Gasteiger partial charge in [-0.25, -0.2) is 9.78 Å². The maximum absolute atomic E-state index is 12.6. The number of anilines is 3. The molecule has 10 heteroatoms. The topological polar surface area (TPSA) is 108 Å². The minimum Gasteiger partial charge on any atom is -0.491 e. The molecule has 2 aromatic carbocycles. The quantitative estimate of drug-likeness (QED) is 0.355. The average Bonchev–Trinajstić information content (AvgIpc) is 3.41. The summed E-state index contributed by atoms with van der Waals surface area (Å²) in [5, 5.41) is 8.97. The van der Waals surface area contributed by atoms with Crippen LogP contribution in [-0.2, 0) is 0 Å². The van der Waals surface area contributed by atoms with Crippen LogP contribution in [0.1, 0.15) is 35.3 Å². The minimum atomic E-state index is -0.442. The summed E-state index contributed by atoms with van der Waals surface area (Å²) >= 11 is 5.88. The van der Waals surface area contributed by atoms with Gasteiger partial charge in [-0.1, -0.05) is 11.6 Å². The number of rotatable bonds is 9. The number of halogens is 1. The third kappa shape index (κ3) is 7.08. The third-order valence-electron chi connectivity index (χ3n) is 5.68. The largest absolute Gasteiger partial charge is 0.491 e. The van der Waals surface area contributed by atoms with E-state index < -0.39 is 6.03 Å². The smallest absolute Gasteiger partial charge is 0.324 e. The lowest BCUT2D eigenvalue weighted by Crippen LogP contribution is -2.25. The van der Waals surface area contributed by atoms with Gasteiger partial charge in [-0.2, -0.15) is 0 Å². The molecule has 0 saturated carbocycles. The van der Waals surface area contributed by atoms with Gasteiger partial charge in [-0.3, -0.25) is 15.1 Å². The molecular formula is C26H29ClN6O3. The van der Waals surface area contributed by atoms with Gasteiger partial charge >= 0.3 is 6.03 Å². The van der Waals surface area contributed by atoms with Crippen molar-refractivity contribution in [2.75, 3.05) is 41.8 Å². The van der Waals surface area contributed by atoms with Crippen molar-refractivity contribution in [3.05, 3.63) is 71.1 Å². The van der Waals surface area contributed by atoms with Crippen LogP contribution in [-0.4, -0.2) is 48.1 Å². The molecular weight excluding hydrogens is 480 g/mol. The Kier molecular flexibility index (Phi) is 8.57. The first-order valence-electron chi connectivity index (χ1n) is 11.9. The number of carbonyl (C=O) groups excluding carboxylic acids is 2. The van der Waals surface area contributed by atoms with Crippen LogP contribution in [0.3, 0.4) is 0 Å². The van der Waals surface area contributed by atoms with E-state index in [0.29, 0.717) is 47.4 Å². The number of amides is 3. The summed E-state index contributed by atoms with van der Waals surface area (Å²) in [7, 11) is 0. The highest BCUT2D eigenvalue weighted by Gasteiger charge is 2.16. The molecule has 3 aromatic rings. The number of urea groups is 1. The van der Waals surface area contributed by atoms with E-state index in [1.807, 2.05) is 25.1 Å². The Morgan fingerprint density at radius 3 is 2.53 bits per heavy atom. The molecule has 0 aliphatic carbocycles. The van der Waals surface area contributed by atoms with Gasteiger partial charge in [0.15, 0.2) is 5.82 Å². The third-order valence-corrected chi connectivity index (χ3v) is 5.93. The second-order valence-corrected chi connectivity index (χ2v) is 8.90. The number of carbonyl (C=O) groups is 2. The summed E-state index contributed by atoms with van der Waals surface area (Å²) in [6, 6.07) is 12.1. The summed E-state index contributed by atoms with van der Waals surface area (Å²) in [4.78, 5) is 35.4. The van der Waals surface area contributed by atoms with Crippen LogP contribution in [0, 0.1) is 6.92 Å². The van der Waals surface area contributed by atoms with Crippen molar-refractivity contribution in [1.29, 1.82) is 0 Å². The molecule has 4 rings (SSSR count). The number of aromatic nitrogens is 2. The molecule has 3 amide bonds. The lowest BCUT2D eigenvalue weighted by molar-refractivity contribution is 0.0951. The highest BCUT2D eigenvalue weighted by atomic mass is 35.5. The monoisotopic (exact) mass is 508 g/mol. The van der Waals surface area contributed by atoms with Gasteiger partial charge in [0.2, 0.25) is 0 Å². The number of ether oxygens (including phenoxy) is 1. The lowest BCUT2D eigenvalue weighted by Gasteiger charge is -2.20. The van der Waals surface area contributed by atoms with Crippen LogP contribution in [0.2, 0.25) is 5.02 Å². The molecule has 1 aliphatic heterocycles. The zero-order valence-electron chi connectivity index (χ0n) is 20.1. The van der Waals surface area contributed by atoms with Crippen molar-refractivity contribution in [3.63, 3.8) is 0 Å². The van der Waals surface area contributed by atoms with Gasteiger partial charge < -0.3 is 20.3 Å². The van der Waals surface area contributed by atoms with Crippen LogP contribution in [0.25, 0.3) is 0 Å². The predicted molar refractivity (Wildman–Crippen MR) is 141 cm³/mol. The molecule has 188 valence electrons. The second kappa shape index (κ2) is 12.2. The molecule has 0 spiro atoms. The zero-order valence-corrected chi connectivity index (χ0v) is 20.8. The Labute approximate surface area is 215 Å². The first-order valence-corrected chi connectivity index (χ1v) is 12.3. The minimum absolute atomic E-state index is 0.166. The maximum atomic E-state index is 12.6. The van der Waals surface area contributed by atoms with Crippen molar-refractivity contribution in [1.82, 2.24) is 15.3 Å². The summed E-state index contributed by atoms with van der Waals surface area (Å²) in [6.45, 7) is 4.63. The summed E-state index contributed by atoms with van der Waals surface area (Å²) < 4.78 is 6.04. The molecule has 36 heavy (non-hydrogen) atoms. The molecule has 1 saturated heterocycles. The lowest BCUT2D eigenvalue weighted by atomic mass is 10.2. The van der Waals surface area contributed by atoms with Gasteiger partial charge in [-0.05, 0) is 62.6 Å². The van der Waals surface area contributed by atoms with Gasteiger partial charge in [0, 0.05) is 42.0 Å². The zero-order chi connectivity index (χ0) is 25.3. The van der Waals surface area contributed by atoms with Gasteiger partial charge in [0.05, 0.1) is 30.4 Å². The highest BCUT2D eigenvalue weighted by Crippen LogP contribution is 2.32. The molecule has 9 nitrogen and oxygen atoms in total. The predicted octanol–water partition coefficient (Wildman–Crippen LogP) is 4.88. The Hall–Kier alpha value is -3.85. The highest BCUT2D eigenvalue weighted by molar-refractivity contribution is 6.30. The first-order chi connectivity index (χ1) is 17.5. The van der Waals surface area contributed by atoms with E-state index in [4.69, 9.17) is 16.3 Å². The van der Waals surface area contributed by atoms with Gasteiger partial charge in [-0.15, -0.1) is 0 Å². The van der Waals surface area contributed by atoms with E-state index >= 15 is 0 Å². The molecule has 0 atom stereocenters. The SMILES string of the molecule is Cc1cnc(NC(=O)Nc2ccc(N3CCCC3)cc2OCCCNC(=O)c2ccc(Cl)cc2)cn1. The standard InChI is InChI=1S/C26H29ClN6O3/c1-18-16-30-24(17-29-18)32-26(35)31-22-10-9-21(33-12-2-3-13-33)15-23(22)36-14-4-11-28-25(34)19-5-7-20(27)8-6-19/h5-10,15-17H,2-4,11-14H2,1H3,(H,28,34)(H2,30,31,32,35). The fourth-order valence-corrected chi connectivity index (χ4v) is 3.92. The number of hydrogen-bond acceptors (Lipinski definition) is 6. The Morgan fingerprint density at radius 1 is 1.03 bits per heavy atom. The van der Waals surface area contributed by atoms with Crippen molar-refractivity contribution in [3.8, 4) is 5.75 Å². The molecule has 1 aliphatic rings. The maximum Gasteiger partial charge on any atom is 0.324 e. The molecule has 1 fully saturated rings. The van der Waals surface area contributed by atoms with Crippen LogP contribution in [0.5, 0.6) is 5.75 Å². The van der Waals surface area contributed by atoms with E-state index in [1.165, 1.54) is 6.20 Å². The molecule has 0 bridgehead atoms. The van der Waals surface area contributed by atoms with E-state index in [0.717, 1.165) is 37.3 Å². The number of hydrogen-bond donors (Lipinski definition) is 3. The number of benzene rings is 2. The molecule has 0 unspecified atom stereocenters. The summed E-state index contributed by atoms with van der Waals surface area (Å²) in [6.07, 6.45) is 5.99. The van der Waals surface area contributed by atoms with Crippen molar-refractivity contribution in [2.24, 2.45) is 0 Å². The van der Waals surface area contributed by atoms with E-state index in [9.17, 15) is 9.59 Å². The average molecular weight is 509 g/mol. The fourth-order valence-electron chi connectivity index (χ4n) is 3.79. The van der Waals surface area contributed by atoms with Gasteiger partial charge in [0.25, 0.3) is 5.91 Å². The Balaban J connectivity index is 1.35. The van der Waals surface area contributed by atoms with Crippen molar-refractivity contribution < 1.29 is 14.3 Å². The number of aryl methyl sites for hydroxylation is 1. The molecule has 0 radical (unpaired) electrons. The fraction of sp³-hybridized carbons (Fsp3) is 0.308. The van der Waals surface area contributed by atoms with Crippen LogP contribution in [0.15, 0.2) is 54.9 Å². The van der Waals surface area contributed by atoms with Crippen LogP contribution >= 0.6 is 11.6 Å². The summed E-state index contributed by atoms with van der Waals surface area (Å²) in [5.74, 6) is 0.750. The Bertz CT molecular complexity index is 1180. The normalized spacial score (nSPS) is 12.8. The summed E-state index contributed by atoms with van der Waals surface area (Å²) in [5.41, 5.74) is 2.91. The van der Waals surface area contributed by atoms with E-state index in [1.54, 1.807) is 30.5 Å². The first kappa shape index (κ1) is 25.2. The number of nitrogens with one attached hydrogen (secondary N) is 3. The van der Waals surface area contributed by atoms with E-state index in [-0.39, 0.29) is 5.91 Å². The van der Waals surface area contributed by atoms with Crippen molar-refractivity contribution >= 4 is 40.7 Å². The second-order valence-electron chi connectivity index (χ2n) is 8.46. The van der Waals surface area contributed by atoms with Crippen LogP contribution < -0.4 is 25.6 Å². The molecule has 1 aromatic heterocycles. The van der Waals surface area contributed by atoms with E-state index in [2.05, 4.69) is 30.8 Å². The van der Waals surface area contributed by atoms with Crippen molar-refractivity contribution in [2.45, 2.75) is 26.2 Å². The Morgan fingerprint density at radius 2 is 1.81 bits per heavy atom. The molecule has 2 heterocycles. The van der Waals surface area contributed by atoms with Crippen LogP contribution in [0.4, 0.5) is 22.0 Å². The van der Waals surface area contributed by atoms with Gasteiger partial charge in [0.1, 0.15) is 5.75 Å². The number of nitrogens with zero attached hydrogens (tertiary/aromatic N) is 3. The molecule has 3 N–H and O–H groups in total.